The van der Waals surface area contributed by atoms with Crippen LogP contribution in [0.2, 0.25) is 0 Å². The molecule has 0 bridgehead atoms. The summed E-state index contributed by atoms with van der Waals surface area (Å²) in [5.74, 6) is -0.947. The minimum absolute atomic E-state index is 0.161. The van der Waals surface area contributed by atoms with E-state index in [4.69, 9.17) is 5.26 Å². The minimum atomic E-state index is -0.384. The molecule has 2 nitrogen and oxygen atoms in total. The highest BCUT2D eigenvalue weighted by Gasteiger charge is 2.15. The smallest absolute Gasteiger partial charge is 0.166 e. The van der Waals surface area contributed by atoms with E-state index >= 15 is 0 Å². The van der Waals surface area contributed by atoms with Crippen LogP contribution >= 0.6 is 0 Å². The number of carbonyl (C=O) groups excluding carboxylic acids is 1. The van der Waals surface area contributed by atoms with E-state index in [2.05, 4.69) is 0 Å². The van der Waals surface area contributed by atoms with Gasteiger partial charge in [-0.15, -0.1) is 0 Å². The summed E-state index contributed by atoms with van der Waals surface area (Å²) < 4.78 is 13.2. The van der Waals surface area contributed by atoms with Gasteiger partial charge in [-0.1, -0.05) is 19.1 Å². The van der Waals surface area contributed by atoms with Crippen LogP contribution in [0.3, 0.4) is 0 Å². The number of ketones is 1. The Morgan fingerprint density at radius 2 is 2.27 bits per heavy atom. The molecule has 1 aromatic rings. The third-order valence-corrected chi connectivity index (χ3v) is 2.30. The fourth-order valence-electron chi connectivity index (χ4n) is 1.26. The molecular weight excluding hydrogens is 193 g/mol. The number of aryl methyl sites for hydroxylation is 1. The van der Waals surface area contributed by atoms with Gasteiger partial charge in [0.15, 0.2) is 5.78 Å². The van der Waals surface area contributed by atoms with Crippen LogP contribution in [0.15, 0.2) is 18.2 Å². The summed E-state index contributed by atoms with van der Waals surface area (Å²) in [5.41, 5.74) is 0.848. The lowest BCUT2D eigenvalue weighted by Crippen LogP contribution is -2.11. The monoisotopic (exact) mass is 205 g/mol. The topological polar surface area (TPSA) is 40.9 Å². The maximum atomic E-state index is 13.2. The quantitative estimate of drug-likeness (QED) is 0.712. The average molecular weight is 205 g/mol. The van der Waals surface area contributed by atoms with Crippen molar-refractivity contribution in [3.8, 4) is 6.07 Å². The van der Waals surface area contributed by atoms with Crippen molar-refractivity contribution in [1.29, 1.82) is 5.26 Å². The molecule has 0 aliphatic rings. The maximum absolute atomic E-state index is 13.2. The Kier molecular flexibility index (Phi) is 3.56. The molecule has 0 aliphatic carbocycles. The molecule has 3 heteroatoms. The average Bonchev–Trinajstić information content (AvgIpc) is 2.21. The van der Waals surface area contributed by atoms with E-state index in [0.717, 1.165) is 0 Å². The number of nitrogens with zero attached hydrogens (tertiary/aromatic N) is 1. The molecule has 1 unspecified atom stereocenters. The zero-order chi connectivity index (χ0) is 11.4. The first kappa shape index (κ1) is 11.4. The first-order chi connectivity index (χ1) is 7.06. The summed E-state index contributed by atoms with van der Waals surface area (Å²) in [6, 6.07) is 6.32. The summed E-state index contributed by atoms with van der Waals surface area (Å²) in [4.78, 5) is 11.7. The second-order valence-electron chi connectivity index (χ2n) is 3.59. The van der Waals surface area contributed by atoms with Gasteiger partial charge < -0.3 is 0 Å². The van der Waals surface area contributed by atoms with Crippen LogP contribution in [0.25, 0.3) is 0 Å². The lowest BCUT2D eigenvalue weighted by atomic mass is 9.96. The van der Waals surface area contributed by atoms with Crippen LogP contribution in [0, 0.1) is 30.0 Å². The molecule has 0 spiro atoms. The van der Waals surface area contributed by atoms with Crippen LogP contribution < -0.4 is 0 Å². The van der Waals surface area contributed by atoms with E-state index in [1.165, 1.54) is 6.07 Å². The van der Waals surface area contributed by atoms with Gasteiger partial charge in [-0.2, -0.15) is 5.26 Å². The van der Waals surface area contributed by atoms with Crippen LogP contribution in [-0.2, 0) is 0 Å². The highest BCUT2D eigenvalue weighted by atomic mass is 19.1. The van der Waals surface area contributed by atoms with Crippen LogP contribution in [0.4, 0.5) is 4.39 Å². The molecular formula is C12H12FNO. The van der Waals surface area contributed by atoms with Gasteiger partial charge in [-0.05, 0) is 18.6 Å². The third-order valence-electron chi connectivity index (χ3n) is 2.30. The van der Waals surface area contributed by atoms with Gasteiger partial charge >= 0.3 is 0 Å². The number of halogens is 1. The Bertz CT molecular complexity index is 420. The van der Waals surface area contributed by atoms with Gasteiger partial charge in [-0.25, -0.2) is 4.39 Å². The minimum Gasteiger partial charge on any atom is -0.294 e. The first-order valence-electron chi connectivity index (χ1n) is 4.73. The largest absolute Gasteiger partial charge is 0.294 e. The zero-order valence-corrected chi connectivity index (χ0v) is 8.75. The molecule has 0 fully saturated rings. The second kappa shape index (κ2) is 4.70. The molecule has 15 heavy (non-hydrogen) atoms. The van der Waals surface area contributed by atoms with Crippen molar-refractivity contribution in [2.75, 3.05) is 0 Å². The standard InChI is InChI=1S/C12H12FNO/c1-8-3-4-10(7-11(8)13)12(15)9(2)5-6-14/h3-4,7,9H,5H2,1-2H3. The number of rotatable bonds is 3. The third kappa shape index (κ3) is 2.63. The van der Waals surface area contributed by atoms with E-state index < -0.39 is 0 Å². The van der Waals surface area contributed by atoms with Gasteiger partial charge in [0.25, 0.3) is 0 Å². The predicted octanol–water partition coefficient (Wildman–Crippen LogP) is 2.87. The molecule has 0 amide bonds. The van der Waals surface area contributed by atoms with E-state index in [1.807, 2.05) is 6.07 Å². The Balaban J connectivity index is 2.93. The lowest BCUT2D eigenvalue weighted by molar-refractivity contribution is 0.0931. The summed E-state index contributed by atoms with van der Waals surface area (Å²) >= 11 is 0. The maximum Gasteiger partial charge on any atom is 0.166 e. The van der Waals surface area contributed by atoms with E-state index in [1.54, 1.807) is 26.0 Å². The summed E-state index contributed by atoms with van der Waals surface area (Å²) in [6.07, 6.45) is 0.161. The van der Waals surface area contributed by atoms with Crippen molar-refractivity contribution in [2.24, 2.45) is 5.92 Å². The molecule has 0 aliphatic heterocycles. The SMILES string of the molecule is Cc1ccc(C(=O)C(C)CC#N)cc1F. The van der Waals surface area contributed by atoms with Crippen LogP contribution in [0.5, 0.6) is 0 Å². The molecule has 1 rings (SSSR count). The van der Waals surface area contributed by atoms with Crippen molar-refractivity contribution in [3.63, 3.8) is 0 Å². The van der Waals surface area contributed by atoms with Crippen LogP contribution in [-0.4, -0.2) is 5.78 Å². The molecule has 78 valence electrons. The summed E-state index contributed by atoms with van der Waals surface area (Å²) in [5, 5.41) is 8.45. The van der Waals surface area contributed by atoms with Crippen molar-refractivity contribution < 1.29 is 9.18 Å². The number of hydrogen-bond acceptors (Lipinski definition) is 2. The number of nitriles is 1. The summed E-state index contributed by atoms with van der Waals surface area (Å²) in [7, 11) is 0. The molecule has 1 aromatic carbocycles. The number of carbonyl (C=O) groups is 1. The van der Waals surface area contributed by atoms with Crippen molar-refractivity contribution in [3.05, 3.63) is 35.1 Å². The molecule has 1 atom stereocenters. The van der Waals surface area contributed by atoms with Crippen LogP contribution in [0.1, 0.15) is 29.3 Å². The lowest BCUT2D eigenvalue weighted by Gasteiger charge is -2.06. The van der Waals surface area contributed by atoms with Gasteiger partial charge in [0.1, 0.15) is 5.82 Å². The molecule has 0 heterocycles. The van der Waals surface area contributed by atoms with Gasteiger partial charge in [-0.3, -0.25) is 4.79 Å². The Labute approximate surface area is 88.3 Å². The fourth-order valence-corrected chi connectivity index (χ4v) is 1.26. The zero-order valence-electron chi connectivity index (χ0n) is 8.75. The van der Waals surface area contributed by atoms with E-state index in [0.29, 0.717) is 11.1 Å². The second-order valence-corrected chi connectivity index (χ2v) is 3.59. The molecule has 0 N–H and O–H groups in total. The molecule has 0 aromatic heterocycles. The number of Topliss-reactive ketones (excluding diaryl/α,β-unsaturated/α-hetero) is 1. The highest BCUT2D eigenvalue weighted by molar-refractivity contribution is 5.97. The Morgan fingerprint density at radius 3 is 2.80 bits per heavy atom. The summed E-state index contributed by atoms with van der Waals surface area (Å²) in [6.45, 7) is 3.31. The van der Waals surface area contributed by atoms with Gasteiger partial charge in [0, 0.05) is 17.9 Å². The van der Waals surface area contributed by atoms with E-state index in [9.17, 15) is 9.18 Å². The number of benzene rings is 1. The van der Waals surface area contributed by atoms with E-state index in [-0.39, 0.29) is 23.9 Å². The molecule has 0 saturated heterocycles. The van der Waals surface area contributed by atoms with Crippen molar-refractivity contribution >= 4 is 5.78 Å². The normalized spacial score (nSPS) is 11.9. The Morgan fingerprint density at radius 1 is 1.60 bits per heavy atom. The fraction of sp³-hybridized carbons (Fsp3) is 0.333. The van der Waals surface area contributed by atoms with Crippen molar-refractivity contribution in [2.45, 2.75) is 20.3 Å². The molecule has 0 saturated carbocycles. The van der Waals surface area contributed by atoms with Gasteiger partial charge in [0.05, 0.1) is 6.07 Å². The van der Waals surface area contributed by atoms with Crippen molar-refractivity contribution in [1.82, 2.24) is 0 Å². The van der Waals surface area contributed by atoms with Gasteiger partial charge in [0.2, 0.25) is 0 Å². The molecule has 0 radical (unpaired) electrons. The highest BCUT2D eigenvalue weighted by Crippen LogP contribution is 2.15. The first-order valence-corrected chi connectivity index (χ1v) is 4.73. The predicted molar refractivity (Wildman–Crippen MR) is 54.9 cm³/mol. The Hall–Kier alpha value is -1.69. The number of hydrogen-bond donors (Lipinski definition) is 0.